The smallest absolute Gasteiger partial charge is 0.323 e. The number of rotatable bonds is 7. The number of hydrogen-bond acceptors (Lipinski definition) is 8. The first-order valence-electron chi connectivity index (χ1n) is 17.1. The number of urea groups is 2. The Bertz CT molecular complexity index is 1680. The van der Waals surface area contributed by atoms with Crippen molar-refractivity contribution in [1.82, 2.24) is 9.80 Å². The third kappa shape index (κ3) is 10.0. The molecule has 0 unspecified atom stereocenters. The van der Waals surface area contributed by atoms with Gasteiger partial charge in [0.2, 0.25) is 6.79 Å². The number of aliphatic hydroxyl groups excluding tert-OH is 1. The summed E-state index contributed by atoms with van der Waals surface area (Å²) in [6.45, 7) is 6.33. The average Bonchev–Trinajstić information content (AvgIpc) is 3.58. The molecule has 14 heteroatoms. The van der Waals surface area contributed by atoms with Crippen LogP contribution in [0.5, 0.6) is 17.2 Å². The fourth-order valence-electron chi connectivity index (χ4n) is 5.84. The number of hydrogen-bond donors (Lipinski definition) is 4. The minimum atomic E-state index is -0.579. The Labute approximate surface area is 297 Å². The largest absolute Gasteiger partial charge is 0.490 e. The zero-order chi connectivity index (χ0) is 36.5. The molecule has 0 saturated heterocycles. The number of benzene rings is 3. The molecule has 3 aromatic rings. The second-order valence-electron chi connectivity index (χ2n) is 13.0. The number of ether oxygens (including phenoxy) is 4. The molecule has 2 aliphatic rings. The van der Waals surface area contributed by atoms with Crippen molar-refractivity contribution in [3.8, 4) is 17.2 Å². The molecule has 0 bridgehead atoms. The summed E-state index contributed by atoms with van der Waals surface area (Å²) in [5.41, 5.74) is 1.50. The van der Waals surface area contributed by atoms with E-state index in [2.05, 4.69) is 16.0 Å². The second kappa shape index (κ2) is 17.2. The summed E-state index contributed by atoms with van der Waals surface area (Å²) in [6, 6.07) is 13.9. The molecular weight excluding hydrogens is 661 g/mol. The Balaban J connectivity index is 1.34. The maximum absolute atomic E-state index is 14.4. The minimum absolute atomic E-state index is 0.129. The first-order valence-corrected chi connectivity index (χ1v) is 17.1. The molecule has 0 radical (unpaired) electrons. The summed E-state index contributed by atoms with van der Waals surface area (Å²) < 4.78 is 36.8. The molecule has 274 valence electrons. The van der Waals surface area contributed by atoms with E-state index in [1.165, 1.54) is 29.2 Å². The quantitative estimate of drug-likeness (QED) is 0.228. The summed E-state index contributed by atoms with van der Waals surface area (Å²) in [5, 5.41) is 18.5. The van der Waals surface area contributed by atoms with Crippen LogP contribution in [0.15, 0.2) is 60.7 Å². The number of carbonyl (C=O) groups is 3. The van der Waals surface area contributed by atoms with E-state index in [0.717, 1.165) is 12.8 Å². The van der Waals surface area contributed by atoms with Crippen LogP contribution in [0.1, 0.15) is 50.4 Å². The van der Waals surface area contributed by atoms with Gasteiger partial charge in [-0.1, -0.05) is 6.92 Å². The molecule has 4 atom stereocenters. The zero-order valence-electron chi connectivity index (χ0n) is 29.3. The standard InChI is InChI=1S/C37H46FN5O8/c1-23-19-43(24(2)21-44)35(45)30-17-28(40-36(46)39-27-10-8-26(38)9-11-27)12-14-31(30)51-25(3)7-5-6-16-48-34(23)20-42(4)37(47)41-29-13-15-32-33(18-29)50-22-49-32/h8-15,17-18,23-25,34,44H,5-7,16,19-22H2,1-4H3,(H,41,47)(H2,39,40,46)/t23-,24+,25+,34-/m0/s1. The van der Waals surface area contributed by atoms with Crippen molar-refractivity contribution in [3.63, 3.8) is 0 Å². The lowest BCUT2D eigenvalue weighted by Crippen LogP contribution is -2.48. The van der Waals surface area contributed by atoms with Gasteiger partial charge in [-0.25, -0.2) is 14.0 Å². The highest BCUT2D eigenvalue weighted by atomic mass is 19.1. The summed E-state index contributed by atoms with van der Waals surface area (Å²) in [7, 11) is 1.68. The van der Waals surface area contributed by atoms with Gasteiger partial charge in [-0.05, 0) is 87.7 Å². The van der Waals surface area contributed by atoms with Gasteiger partial charge < -0.3 is 49.8 Å². The second-order valence-corrected chi connectivity index (χ2v) is 13.0. The predicted molar refractivity (Wildman–Crippen MR) is 190 cm³/mol. The number of amides is 5. The first-order chi connectivity index (χ1) is 24.5. The van der Waals surface area contributed by atoms with E-state index in [0.29, 0.717) is 47.3 Å². The number of nitrogens with zero attached hydrogens (tertiary/aromatic N) is 2. The topological polar surface area (TPSA) is 151 Å². The van der Waals surface area contributed by atoms with E-state index < -0.39 is 29.9 Å². The van der Waals surface area contributed by atoms with Crippen molar-refractivity contribution < 1.29 is 42.8 Å². The minimum Gasteiger partial charge on any atom is -0.490 e. The molecule has 3 aromatic carbocycles. The van der Waals surface area contributed by atoms with E-state index in [1.807, 2.05) is 13.8 Å². The van der Waals surface area contributed by atoms with Crippen LogP contribution in [-0.2, 0) is 4.74 Å². The Morgan fingerprint density at radius 3 is 2.35 bits per heavy atom. The number of fused-ring (bicyclic) bond motifs is 2. The number of aliphatic hydroxyl groups is 1. The van der Waals surface area contributed by atoms with Gasteiger partial charge in [0.15, 0.2) is 11.5 Å². The van der Waals surface area contributed by atoms with E-state index in [1.54, 1.807) is 55.3 Å². The van der Waals surface area contributed by atoms with Crippen LogP contribution in [0.25, 0.3) is 0 Å². The molecule has 5 rings (SSSR count). The van der Waals surface area contributed by atoms with Gasteiger partial charge >= 0.3 is 12.1 Å². The summed E-state index contributed by atoms with van der Waals surface area (Å²) in [6.07, 6.45) is 1.59. The number of anilines is 3. The van der Waals surface area contributed by atoms with Crippen LogP contribution in [0, 0.1) is 11.7 Å². The molecule has 0 aromatic heterocycles. The molecule has 5 amide bonds. The van der Waals surface area contributed by atoms with Gasteiger partial charge in [0.05, 0.1) is 30.4 Å². The average molecular weight is 708 g/mol. The fourth-order valence-corrected chi connectivity index (χ4v) is 5.84. The van der Waals surface area contributed by atoms with Gasteiger partial charge in [-0.2, -0.15) is 0 Å². The van der Waals surface area contributed by atoms with Crippen LogP contribution in [0.2, 0.25) is 0 Å². The Morgan fingerprint density at radius 2 is 1.61 bits per heavy atom. The number of likely N-dealkylation sites (N-methyl/N-ethyl adjacent to an activating group) is 1. The van der Waals surface area contributed by atoms with E-state index >= 15 is 0 Å². The lowest BCUT2D eigenvalue weighted by molar-refractivity contribution is -0.0115. The van der Waals surface area contributed by atoms with Crippen molar-refractivity contribution in [2.24, 2.45) is 5.92 Å². The fraction of sp³-hybridized carbons (Fsp3) is 0.432. The van der Waals surface area contributed by atoms with E-state index in [4.69, 9.17) is 18.9 Å². The molecule has 0 spiro atoms. The highest BCUT2D eigenvalue weighted by Crippen LogP contribution is 2.34. The third-order valence-corrected chi connectivity index (χ3v) is 8.84. The Kier molecular flexibility index (Phi) is 12.6. The van der Waals surface area contributed by atoms with Gasteiger partial charge in [0.25, 0.3) is 5.91 Å². The van der Waals surface area contributed by atoms with Crippen LogP contribution < -0.4 is 30.2 Å². The van der Waals surface area contributed by atoms with Gasteiger partial charge in [0.1, 0.15) is 11.6 Å². The molecule has 0 fully saturated rings. The number of carbonyl (C=O) groups excluding carboxylic acids is 3. The first kappa shape index (κ1) is 37.2. The highest BCUT2D eigenvalue weighted by Gasteiger charge is 2.31. The summed E-state index contributed by atoms with van der Waals surface area (Å²) in [5.74, 6) is 0.422. The normalized spacial score (nSPS) is 19.9. The molecule has 0 saturated carbocycles. The van der Waals surface area contributed by atoms with Gasteiger partial charge in [0, 0.05) is 55.8 Å². The summed E-state index contributed by atoms with van der Waals surface area (Å²) in [4.78, 5) is 43.5. The molecule has 2 heterocycles. The van der Waals surface area contributed by atoms with Crippen molar-refractivity contribution in [3.05, 3.63) is 72.0 Å². The van der Waals surface area contributed by atoms with Gasteiger partial charge in [-0.15, -0.1) is 0 Å². The van der Waals surface area contributed by atoms with Crippen molar-refractivity contribution >= 4 is 35.0 Å². The monoisotopic (exact) mass is 707 g/mol. The van der Waals surface area contributed by atoms with Crippen LogP contribution in [-0.4, -0.2) is 91.3 Å². The number of nitrogens with one attached hydrogen (secondary N) is 3. The van der Waals surface area contributed by atoms with Crippen LogP contribution in [0.3, 0.4) is 0 Å². The number of halogens is 1. The molecule has 51 heavy (non-hydrogen) atoms. The molecule has 13 nitrogen and oxygen atoms in total. The van der Waals surface area contributed by atoms with E-state index in [9.17, 15) is 23.9 Å². The summed E-state index contributed by atoms with van der Waals surface area (Å²) >= 11 is 0. The zero-order valence-corrected chi connectivity index (χ0v) is 29.3. The van der Waals surface area contributed by atoms with E-state index in [-0.39, 0.29) is 50.1 Å². The molecule has 4 N–H and O–H groups in total. The SMILES string of the molecule is C[C@@H]1CCCCO[C@@H](CN(C)C(=O)Nc2ccc3c(c2)OCO3)[C@@H](C)CN([C@H](C)CO)C(=O)c2cc(NC(=O)Nc3ccc(F)cc3)ccc2O1. The molecular formula is C37H46FN5O8. The van der Waals surface area contributed by atoms with Crippen molar-refractivity contribution in [2.75, 3.05) is 56.1 Å². The van der Waals surface area contributed by atoms with Crippen molar-refractivity contribution in [2.45, 2.75) is 58.3 Å². The Morgan fingerprint density at radius 1 is 0.941 bits per heavy atom. The lowest BCUT2D eigenvalue weighted by atomic mass is 10.0. The lowest BCUT2D eigenvalue weighted by Gasteiger charge is -2.35. The predicted octanol–water partition coefficient (Wildman–Crippen LogP) is 6.16. The maximum atomic E-state index is 14.4. The van der Waals surface area contributed by atoms with Crippen LogP contribution >= 0.6 is 0 Å². The maximum Gasteiger partial charge on any atom is 0.323 e. The molecule has 2 aliphatic heterocycles. The van der Waals surface area contributed by atoms with Gasteiger partial charge in [-0.3, -0.25) is 4.79 Å². The van der Waals surface area contributed by atoms with Crippen LogP contribution in [0.4, 0.5) is 31.0 Å². The Hall–Kier alpha value is -5.08. The molecule has 0 aliphatic carbocycles. The third-order valence-electron chi connectivity index (χ3n) is 8.84. The van der Waals surface area contributed by atoms with Crippen molar-refractivity contribution in [1.29, 1.82) is 0 Å². The highest BCUT2D eigenvalue weighted by molar-refractivity contribution is 6.02.